The molecule has 80 valence electrons. The van der Waals surface area contributed by atoms with Gasteiger partial charge in [0.2, 0.25) is 5.91 Å². The van der Waals surface area contributed by atoms with Gasteiger partial charge in [-0.1, -0.05) is 6.92 Å². The van der Waals surface area contributed by atoms with Gasteiger partial charge in [-0.05, 0) is 13.8 Å². The van der Waals surface area contributed by atoms with Gasteiger partial charge in [-0.3, -0.25) is 9.59 Å². The number of hydrogen-bond acceptors (Lipinski definition) is 3. The molecule has 1 aliphatic rings. The lowest BCUT2D eigenvalue weighted by Crippen LogP contribution is -2.48. The van der Waals surface area contributed by atoms with Crippen molar-refractivity contribution in [2.75, 3.05) is 5.75 Å². The maximum absolute atomic E-state index is 11.6. The lowest BCUT2D eigenvalue weighted by Gasteiger charge is -2.33. The Kier molecular flexibility index (Phi) is 3.24. The van der Waals surface area contributed by atoms with Crippen LogP contribution < -0.4 is 0 Å². The molecule has 1 fully saturated rings. The number of carbonyl (C=O) groups excluding carboxylic acids is 2. The molecular formula is C10H17NO2S. The van der Waals surface area contributed by atoms with Gasteiger partial charge in [0.1, 0.15) is 6.04 Å². The highest BCUT2D eigenvalue weighted by molar-refractivity contribution is 8.00. The summed E-state index contributed by atoms with van der Waals surface area (Å²) in [5.74, 6) is 0.893. The molecule has 1 aliphatic heterocycles. The second-order valence-electron chi connectivity index (χ2n) is 3.98. The van der Waals surface area contributed by atoms with Gasteiger partial charge >= 0.3 is 0 Å². The van der Waals surface area contributed by atoms with E-state index in [1.54, 1.807) is 16.7 Å². The van der Waals surface area contributed by atoms with E-state index >= 15 is 0 Å². The van der Waals surface area contributed by atoms with Crippen LogP contribution in [0.2, 0.25) is 0 Å². The molecule has 1 amide bonds. The fraction of sp³-hybridized carbons (Fsp3) is 0.800. The summed E-state index contributed by atoms with van der Waals surface area (Å²) in [5, 5.41) is 0. The summed E-state index contributed by atoms with van der Waals surface area (Å²) in [6.07, 6.45) is 0.505. The Bertz CT molecular complexity index is 263. The number of Topliss-reactive ketones (excluding diaryl/α,β-unsaturated/α-hetero) is 1. The molecule has 1 rings (SSSR count). The van der Waals surface area contributed by atoms with Crippen LogP contribution in [-0.4, -0.2) is 33.3 Å². The van der Waals surface area contributed by atoms with Gasteiger partial charge in [0.05, 0.1) is 4.87 Å². The lowest BCUT2D eigenvalue weighted by molar-refractivity contribution is -0.139. The first kappa shape index (κ1) is 11.6. The molecule has 0 aromatic heterocycles. The first-order chi connectivity index (χ1) is 6.40. The molecule has 0 aromatic rings. The number of nitrogens with zero attached hydrogens (tertiary/aromatic N) is 1. The normalized spacial score (nSPS) is 25.1. The second kappa shape index (κ2) is 3.93. The van der Waals surface area contributed by atoms with Crippen LogP contribution in [0, 0.1) is 0 Å². The van der Waals surface area contributed by atoms with Crippen LogP contribution in [0.5, 0.6) is 0 Å². The van der Waals surface area contributed by atoms with Crippen molar-refractivity contribution in [1.29, 1.82) is 0 Å². The first-order valence-corrected chi connectivity index (χ1v) is 5.85. The monoisotopic (exact) mass is 215 g/mol. The minimum atomic E-state index is -0.235. The molecule has 3 nitrogen and oxygen atoms in total. The number of hydrogen-bond donors (Lipinski definition) is 0. The topological polar surface area (TPSA) is 37.4 Å². The Morgan fingerprint density at radius 2 is 2.07 bits per heavy atom. The summed E-state index contributed by atoms with van der Waals surface area (Å²) in [5.41, 5.74) is 0. The second-order valence-corrected chi connectivity index (χ2v) is 5.60. The van der Waals surface area contributed by atoms with Gasteiger partial charge in [0, 0.05) is 19.1 Å². The maximum Gasteiger partial charge on any atom is 0.221 e. The highest BCUT2D eigenvalue weighted by Crippen LogP contribution is 2.39. The van der Waals surface area contributed by atoms with Crippen molar-refractivity contribution in [3.63, 3.8) is 0 Å². The van der Waals surface area contributed by atoms with Gasteiger partial charge in [-0.2, -0.15) is 0 Å². The van der Waals surface area contributed by atoms with Crippen LogP contribution in [0.1, 0.15) is 34.1 Å². The molecule has 1 atom stereocenters. The van der Waals surface area contributed by atoms with E-state index in [4.69, 9.17) is 0 Å². The highest BCUT2D eigenvalue weighted by atomic mass is 32.2. The van der Waals surface area contributed by atoms with E-state index < -0.39 is 0 Å². The third-order valence-electron chi connectivity index (χ3n) is 2.55. The number of thioether (sulfide) groups is 1. The fourth-order valence-corrected chi connectivity index (χ4v) is 3.17. The standard InChI is InChI=1S/C10H17NO2S/c1-5-9(13)8-6-14-10(3,4)11(8)7(2)12/h8H,5-6H2,1-4H3. The Morgan fingerprint density at radius 1 is 1.50 bits per heavy atom. The molecule has 0 radical (unpaired) electrons. The Labute approximate surface area is 89.2 Å². The number of ketones is 1. The van der Waals surface area contributed by atoms with Crippen molar-refractivity contribution in [3.05, 3.63) is 0 Å². The molecule has 0 saturated carbocycles. The van der Waals surface area contributed by atoms with Crippen molar-refractivity contribution < 1.29 is 9.59 Å². The number of amides is 1. The zero-order valence-corrected chi connectivity index (χ0v) is 9.98. The third kappa shape index (κ3) is 1.95. The van der Waals surface area contributed by atoms with E-state index in [1.165, 1.54) is 6.92 Å². The predicted molar refractivity (Wildman–Crippen MR) is 58.1 cm³/mol. The van der Waals surface area contributed by atoms with Crippen LogP contribution in [0.4, 0.5) is 0 Å². The Balaban J connectivity index is 2.90. The van der Waals surface area contributed by atoms with Gasteiger partial charge < -0.3 is 4.90 Å². The summed E-state index contributed by atoms with van der Waals surface area (Å²) >= 11 is 1.67. The van der Waals surface area contributed by atoms with Gasteiger partial charge in [-0.25, -0.2) is 0 Å². The molecule has 1 heterocycles. The summed E-state index contributed by atoms with van der Waals surface area (Å²) in [6.45, 7) is 7.35. The van der Waals surface area contributed by atoms with Crippen molar-refractivity contribution in [1.82, 2.24) is 4.90 Å². The molecule has 4 heteroatoms. The molecule has 0 N–H and O–H groups in total. The minimum Gasteiger partial charge on any atom is -0.318 e. The highest BCUT2D eigenvalue weighted by Gasteiger charge is 2.44. The van der Waals surface area contributed by atoms with E-state index in [0.717, 1.165) is 5.75 Å². The van der Waals surface area contributed by atoms with E-state index in [-0.39, 0.29) is 22.6 Å². The van der Waals surface area contributed by atoms with Crippen LogP contribution in [0.3, 0.4) is 0 Å². The lowest BCUT2D eigenvalue weighted by atomic mass is 10.1. The van der Waals surface area contributed by atoms with E-state index in [0.29, 0.717) is 6.42 Å². The summed E-state index contributed by atoms with van der Waals surface area (Å²) < 4.78 is 0. The molecule has 14 heavy (non-hydrogen) atoms. The SMILES string of the molecule is CCC(=O)C1CSC(C)(C)N1C(C)=O. The van der Waals surface area contributed by atoms with E-state index in [2.05, 4.69) is 0 Å². The van der Waals surface area contributed by atoms with Crippen LogP contribution in [0.15, 0.2) is 0 Å². The average Bonchev–Trinajstić information content (AvgIpc) is 2.39. The third-order valence-corrected chi connectivity index (χ3v) is 3.93. The number of carbonyl (C=O) groups is 2. The van der Waals surface area contributed by atoms with E-state index in [9.17, 15) is 9.59 Å². The van der Waals surface area contributed by atoms with Crippen LogP contribution in [-0.2, 0) is 9.59 Å². The molecule has 1 unspecified atom stereocenters. The summed E-state index contributed by atoms with van der Waals surface area (Å²) in [4.78, 5) is 24.5. The van der Waals surface area contributed by atoms with Crippen molar-refractivity contribution in [3.8, 4) is 0 Å². The average molecular weight is 215 g/mol. The quantitative estimate of drug-likeness (QED) is 0.703. The van der Waals surface area contributed by atoms with Crippen molar-refractivity contribution in [2.45, 2.75) is 45.0 Å². The van der Waals surface area contributed by atoms with E-state index in [1.807, 2.05) is 20.8 Å². The maximum atomic E-state index is 11.6. The molecule has 0 aromatic carbocycles. The molecule has 0 bridgehead atoms. The van der Waals surface area contributed by atoms with Gasteiger partial charge in [-0.15, -0.1) is 11.8 Å². The fourth-order valence-electron chi connectivity index (χ4n) is 1.87. The first-order valence-electron chi connectivity index (χ1n) is 4.86. The van der Waals surface area contributed by atoms with Crippen molar-refractivity contribution >= 4 is 23.5 Å². The van der Waals surface area contributed by atoms with Crippen LogP contribution >= 0.6 is 11.8 Å². The minimum absolute atomic E-state index is 0.00759. The Morgan fingerprint density at radius 3 is 2.50 bits per heavy atom. The predicted octanol–water partition coefficient (Wildman–Crippen LogP) is 1.67. The van der Waals surface area contributed by atoms with Crippen LogP contribution in [0.25, 0.3) is 0 Å². The molecule has 1 saturated heterocycles. The summed E-state index contributed by atoms with van der Waals surface area (Å²) in [6, 6.07) is -0.211. The number of rotatable bonds is 2. The molecule has 0 spiro atoms. The van der Waals surface area contributed by atoms with Gasteiger partial charge in [0.25, 0.3) is 0 Å². The molecule has 0 aliphatic carbocycles. The zero-order chi connectivity index (χ0) is 10.9. The summed E-state index contributed by atoms with van der Waals surface area (Å²) in [7, 11) is 0. The molecular weight excluding hydrogens is 198 g/mol. The smallest absolute Gasteiger partial charge is 0.221 e. The largest absolute Gasteiger partial charge is 0.318 e. The van der Waals surface area contributed by atoms with Crippen molar-refractivity contribution in [2.24, 2.45) is 0 Å². The Hall–Kier alpha value is -0.510. The van der Waals surface area contributed by atoms with Gasteiger partial charge in [0.15, 0.2) is 5.78 Å². The zero-order valence-electron chi connectivity index (χ0n) is 9.16.